The van der Waals surface area contributed by atoms with Crippen molar-refractivity contribution in [3.8, 4) is 0 Å². The van der Waals surface area contributed by atoms with Crippen LogP contribution in [0.2, 0.25) is 0 Å². The summed E-state index contributed by atoms with van der Waals surface area (Å²) in [6.45, 7) is 1.80. The van der Waals surface area contributed by atoms with Crippen LogP contribution in [0.4, 0.5) is 0 Å². The average Bonchev–Trinajstić information content (AvgIpc) is 2.69. The fourth-order valence-corrected chi connectivity index (χ4v) is 3.76. The highest BCUT2D eigenvalue weighted by Crippen LogP contribution is 2.23. The minimum absolute atomic E-state index is 0.154. The average molecular weight is 403 g/mol. The third kappa shape index (κ3) is 17.4. The van der Waals surface area contributed by atoms with Crippen molar-refractivity contribution in [2.45, 2.75) is 128 Å². The highest BCUT2D eigenvalue weighted by atomic mass is 16.4. The standard InChI is InChI=1S/C23H46O5/c1-2-3-4-5-6-7-8-9-10-11-12-13-14-20(16-18-23(27)28)15-17-21(25)22(26)19-24/h20-22,24-26H,2-19H2,1H3,(H,27,28). The molecule has 4 N–H and O–H groups in total. The van der Waals surface area contributed by atoms with E-state index in [1.165, 1.54) is 70.6 Å². The van der Waals surface area contributed by atoms with Crippen molar-refractivity contribution in [2.24, 2.45) is 5.92 Å². The molecule has 0 aromatic rings. The lowest BCUT2D eigenvalue weighted by Gasteiger charge is -2.20. The van der Waals surface area contributed by atoms with E-state index in [0.29, 0.717) is 19.3 Å². The number of hydrogen-bond acceptors (Lipinski definition) is 4. The fraction of sp³-hybridized carbons (Fsp3) is 0.957. The molecule has 0 rings (SSSR count). The van der Waals surface area contributed by atoms with Crippen LogP contribution in [0.25, 0.3) is 0 Å². The number of carbonyl (C=O) groups is 1. The molecule has 3 atom stereocenters. The van der Waals surface area contributed by atoms with Crippen LogP contribution >= 0.6 is 0 Å². The van der Waals surface area contributed by atoms with E-state index in [9.17, 15) is 15.0 Å². The molecule has 0 heterocycles. The molecule has 0 aromatic heterocycles. The molecule has 0 amide bonds. The van der Waals surface area contributed by atoms with E-state index in [4.69, 9.17) is 10.2 Å². The number of aliphatic hydroxyl groups excluding tert-OH is 3. The van der Waals surface area contributed by atoms with Crippen molar-refractivity contribution in [3.05, 3.63) is 0 Å². The SMILES string of the molecule is CCCCCCCCCCCCCCC(CCC(=O)O)CCC(O)C(O)CO. The first-order valence-electron chi connectivity index (χ1n) is 11.7. The molecule has 0 fully saturated rings. The largest absolute Gasteiger partial charge is 0.481 e. The molecular formula is C23H46O5. The number of hydrogen-bond donors (Lipinski definition) is 4. The predicted octanol–water partition coefficient (Wildman–Crippen LogP) is 5.05. The molecule has 5 heteroatoms. The Labute approximate surface area is 172 Å². The highest BCUT2D eigenvalue weighted by molar-refractivity contribution is 5.66. The van der Waals surface area contributed by atoms with E-state index >= 15 is 0 Å². The number of carboxylic acid groups (broad SMARTS) is 1. The molecule has 3 unspecified atom stereocenters. The zero-order chi connectivity index (χ0) is 21.0. The second-order valence-electron chi connectivity index (χ2n) is 8.37. The van der Waals surface area contributed by atoms with Gasteiger partial charge in [0, 0.05) is 6.42 Å². The lowest BCUT2D eigenvalue weighted by Crippen LogP contribution is -2.29. The Morgan fingerprint density at radius 2 is 1.18 bits per heavy atom. The summed E-state index contributed by atoms with van der Waals surface area (Å²) in [6.07, 6.45) is 16.5. The van der Waals surface area contributed by atoms with Gasteiger partial charge in [-0.15, -0.1) is 0 Å². The molecule has 168 valence electrons. The van der Waals surface area contributed by atoms with Gasteiger partial charge in [-0.3, -0.25) is 4.79 Å². The van der Waals surface area contributed by atoms with Crippen LogP contribution in [-0.4, -0.2) is 45.2 Å². The fourth-order valence-electron chi connectivity index (χ4n) is 3.76. The van der Waals surface area contributed by atoms with E-state index in [1.54, 1.807) is 0 Å². The van der Waals surface area contributed by atoms with Gasteiger partial charge in [-0.05, 0) is 25.2 Å². The number of rotatable bonds is 21. The Morgan fingerprint density at radius 1 is 0.679 bits per heavy atom. The quantitative estimate of drug-likeness (QED) is 0.201. The maximum Gasteiger partial charge on any atom is 0.303 e. The second-order valence-corrected chi connectivity index (χ2v) is 8.37. The Kier molecular flexibility index (Phi) is 19.2. The zero-order valence-corrected chi connectivity index (χ0v) is 18.2. The van der Waals surface area contributed by atoms with Gasteiger partial charge in [-0.1, -0.05) is 90.4 Å². The molecule has 0 aromatic carbocycles. The van der Waals surface area contributed by atoms with Gasteiger partial charge >= 0.3 is 5.97 Å². The predicted molar refractivity (Wildman–Crippen MR) is 114 cm³/mol. The summed E-state index contributed by atoms with van der Waals surface area (Å²) in [5, 5.41) is 37.0. The van der Waals surface area contributed by atoms with Gasteiger partial charge in [0.25, 0.3) is 0 Å². The van der Waals surface area contributed by atoms with Crippen LogP contribution in [0.5, 0.6) is 0 Å². The van der Waals surface area contributed by atoms with Gasteiger partial charge in [0.1, 0.15) is 6.10 Å². The van der Waals surface area contributed by atoms with E-state index < -0.39 is 24.8 Å². The monoisotopic (exact) mass is 402 g/mol. The first kappa shape index (κ1) is 27.4. The normalized spacial score (nSPS) is 14.7. The summed E-state index contributed by atoms with van der Waals surface area (Å²) in [5.74, 6) is -0.518. The van der Waals surface area contributed by atoms with Crippen LogP contribution in [0.1, 0.15) is 116 Å². The number of aliphatic hydroxyl groups is 3. The van der Waals surface area contributed by atoms with Gasteiger partial charge in [0.15, 0.2) is 0 Å². The summed E-state index contributed by atoms with van der Waals surface area (Å²) in [7, 11) is 0. The van der Waals surface area contributed by atoms with Crippen LogP contribution in [0, 0.1) is 5.92 Å². The maximum absolute atomic E-state index is 10.8. The molecule has 0 bridgehead atoms. The van der Waals surface area contributed by atoms with Gasteiger partial charge in [-0.2, -0.15) is 0 Å². The maximum atomic E-state index is 10.8. The van der Waals surface area contributed by atoms with Crippen molar-refractivity contribution in [1.29, 1.82) is 0 Å². The number of unbranched alkanes of at least 4 members (excludes halogenated alkanes) is 11. The molecule has 28 heavy (non-hydrogen) atoms. The minimum atomic E-state index is -1.10. The van der Waals surface area contributed by atoms with Crippen molar-refractivity contribution in [1.82, 2.24) is 0 Å². The van der Waals surface area contributed by atoms with E-state index in [2.05, 4.69) is 6.92 Å². The summed E-state index contributed by atoms with van der Waals surface area (Å²) >= 11 is 0. The van der Waals surface area contributed by atoms with E-state index in [-0.39, 0.29) is 12.3 Å². The number of carboxylic acids is 1. The van der Waals surface area contributed by atoms with Crippen LogP contribution < -0.4 is 0 Å². The van der Waals surface area contributed by atoms with Gasteiger partial charge < -0.3 is 20.4 Å². The van der Waals surface area contributed by atoms with Crippen molar-refractivity contribution >= 4 is 5.97 Å². The summed E-state index contributed by atoms with van der Waals surface area (Å²) < 4.78 is 0. The van der Waals surface area contributed by atoms with Crippen LogP contribution in [0.3, 0.4) is 0 Å². The van der Waals surface area contributed by atoms with E-state index in [0.717, 1.165) is 12.8 Å². The van der Waals surface area contributed by atoms with Gasteiger partial charge in [-0.25, -0.2) is 0 Å². The van der Waals surface area contributed by atoms with Crippen molar-refractivity contribution in [2.75, 3.05) is 6.61 Å². The summed E-state index contributed by atoms with van der Waals surface area (Å²) in [4.78, 5) is 10.8. The Bertz CT molecular complexity index is 348. The highest BCUT2D eigenvalue weighted by Gasteiger charge is 2.18. The van der Waals surface area contributed by atoms with Crippen LogP contribution in [-0.2, 0) is 4.79 Å². The zero-order valence-electron chi connectivity index (χ0n) is 18.2. The lowest BCUT2D eigenvalue weighted by atomic mass is 9.89. The van der Waals surface area contributed by atoms with E-state index in [1.807, 2.05) is 0 Å². The molecular weight excluding hydrogens is 356 g/mol. The first-order valence-corrected chi connectivity index (χ1v) is 11.7. The summed E-state index contributed by atoms with van der Waals surface area (Å²) in [6, 6.07) is 0. The first-order chi connectivity index (χ1) is 13.5. The molecule has 0 radical (unpaired) electrons. The van der Waals surface area contributed by atoms with Gasteiger partial charge in [0.2, 0.25) is 0 Å². The van der Waals surface area contributed by atoms with Crippen molar-refractivity contribution < 1.29 is 25.2 Å². The lowest BCUT2D eigenvalue weighted by molar-refractivity contribution is -0.137. The molecule has 0 saturated heterocycles. The molecule has 0 saturated carbocycles. The summed E-state index contributed by atoms with van der Waals surface area (Å²) in [5.41, 5.74) is 0. The molecule has 0 spiro atoms. The minimum Gasteiger partial charge on any atom is -0.481 e. The van der Waals surface area contributed by atoms with Crippen molar-refractivity contribution in [3.63, 3.8) is 0 Å². The van der Waals surface area contributed by atoms with Crippen LogP contribution in [0.15, 0.2) is 0 Å². The molecule has 5 nitrogen and oxygen atoms in total. The third-order valence-corrected chi connectivity index (χ3v) is 5.73. The molecule has 0 aliphatic carbocycles. The topological polar surface area (TPSA) is 98.0 Å². The Balaban J connectivity index is 3.76. The Morgan fingerprint density at radius 3 is 1.64 bits per heavy atom. The second kappa shape index (κ2) is 19.7. The molecule has 0 aliphatic heterocycles. The Hall–Kier alpha value is -0.650. The van der Waals surface area contributed by atoms with Gasteiger partial charge in [0.05, 0.1) is 12.7 Å². The molecule has 0 aliphatic rings. The third-order valence-electron chi connectivity index (χ3n) is 5.73. The smallest absolute Gasteiger partial charge is 0.303 e. The number of aliphatic carboxylic acids is 1.